The third-order valence-corrected chi connectivity index (χ3v) is 8.88. The van der Waals surface area contributed by atoms with Gasteiger partial charge in [0.25, 0.3) is 0 Å². The summed E-state index contributed by atoms with van der Waals surface area (Å²) in [6.07, 6.45) is 3.32. The maximum absolute atomic E-state index is 13.1. The number of anilines is 1. The highest BCUT2D eigenvalue weighted by Crippen LogP contribution is 2.37. The number of halogens is 2. The van der Waals surface area contributed by atoms with Crippen LogP contribution in [0, 0.1) is 5.92 Å². The zero-order valence-electron chi connectivity index (χ0n) is 28.3. The molecule has 3 rings (SSSR count). The summed E-state index contributed by atoms with van der Waals surface area (Å²) in [5.74, 6) is 0.202. The van der Waals surface area contributed by atoms with Crippen molar-refractivity contribution < 1.29 is 23.9 Å². The van der Waals surface area contributed by atoms with Gasteiger partial charge in [0.15, 0.2) is 10.9 Å². The number of ether oxygens (including phenoxy) is 2. The minimum absolute atomic E-state index is 0.0698. The predicted molar refractivity (Wildman–Crippen MR) is 192 cm³/mol. The fourth-order valence-corrected chi connectivity index (χ4v) is 6.47. The maximum atomic E-state index is 13.1. The molecule has 47 heavy (non-hydrogen) atoms. The van der Waals surface area contributed by atoms with Crippen LogP contribution in [0.25, 0.3) is 11.3 Å². The molecule has 1 amide bonds. The number of carbonyl (C=O) groups excluding carboxylic acids is 3. The molecule has 0 bridgehead atoms. The van der Waals surface area contributed by atoms with Gasteiger partial charge in [-0.25, -0.2) is 9.78 Å². The van der Waals surface area contributed by atoms with E-state index < -0.39 is 11.7 Å². The maximum Gasteiger partial charge on any atom is 0.407 e. The van der Waals surface area contributed by atoms with Crippen LogP contribution in [0.4, 0.5) is 9.93 Å². The van der Waals surface area contributed by atoms with E-state index >= 15 is 0 Å². The third kappa shape index (κ3) is 13.1. The topological polar surface area (TPSA) is 97.8 Å². The van der Waals surface area contributed by atoms with Crippen LogP contribution in [0.5, 0.6) is 0 Å². The van der Waals surface area contributed by atoms with Gasteiger partial charge >= 0.3 is 12.1 Å². The summed E-state index contributed by atoms with van der Waals surface area (Å²) in [7, 11) is 0. The van der Waals surface area contributed by atoms with Gasteiger partial charge in [0.1, 0.15) is 5.60 Å². The summed E-state index contributed by atoms with van der Waals surface area (Å²) in [5, 5.41) is 4.48. The van der Waals surface area contributed by atoms with Crippen LogP contribution < -0.4 is 10.2 Å². The van der Waals surface area contributed by atoms with Crippen LogP contribution in [-0.4, -0.2) is 48.1 Å². The van der Waals surface area contributed by atoms with Crippen LogP contribution in [0.2, 0.25) is 10.0 Å². The highest BCUT2D eigenvalue weighted by atomic mass is 35.5. The van der Waals surface area contributed by atoms with E-state index in [9.17, 15) is 14.4 Å². The summed E-state index contributed by atoms with van der Waals surface area (Å²) < 4.78 is 10.5. The molecule has 0 saturated carbocycles. The molecule has 0 radical (unpaired) electrons. The number of carbonyl (C=O) groups is 3. The second kappa shape index (κ2) is 18.4. The normalized spacial score (nSPS) is 11.4. The fraction of sp³-hybridized carbons (Fsp3) is 0.500. The lowest BCUT2D eigenvalue weighted by molar-refractivity contribution is -0.142. The Labute approximate surface area is 293 Å². The molecule has 1 aromatic heterocycles. The molecule has 0 fully saturated rings. The monoisotopic (exact) mass is 703 g/mol. The number of esters is 1. The number of amides is 1. The summed E-state index contributed by atoms with van der Waals surface area (Å²) in [6.45, 7) is 13.3. The Morgan fingerprint density at radius 1 is 1.00 bits per heavy atom. The van der Waals surface area contributed by atoms with Crippen molar-refractivity contribution in [2.24, 2.45) is 5.92 Å². The lowest BCUT2D eigenvalue weighted by Gasteiger charge is -2.22. The van der Waals surface area contributed by atoms with Crippen LogP contribution >= 0.6 is 34.5 Å². The Kier molecular flexibility index (Phi) is 15.0. The van der Waals surface area contributed by atoms with Gasteiger partial charge in [-0.1, -0.05) is 67.7 Å². The van der Waals surface area contributed by atoms with Crippen molar-refractivity contribution in [3.05, 3.63) is 68.5 Å². The fourth-order valence-electron chi connectivity index (χ4n) is 4.85. The molecular weight excluding hydrogens is 657 g/mol. The van der Waals surface area contributed by atoms with Crippen molar-refractivity contribution in [3.8, 4) is 11.3 Å². The van der Waals surface area contributed by atoms with Gasteiger partial charge in [0.2, 0.25) is 0 Å². The molecule has 0 aliphatic heterocycles. The van der Waals surface area contributed by atoms with E-state index in [2.05, 4.69) is 24.1 Å². The largest absolute Gasteiger partial charge is 0.466 e. The van der Waals surface area contributed by atoms with E-state index in [1.54, 1.807) is 24.3 Å². The number of rotatable bonds is 17. The number of benzene rings is 2. The van der Waals surface area contributed by atoms with Crippen molar-refractivity contribution in [1.82, 2.24) is 10.3 Å². The Hall–Kier alpha value is -3.14. The Morgan fingerprint density at radius 2 is 1.77 bits per heavy atom. The molecule has 2 aromatic carbocycles. The van der Waals surface area contributed by atoms with E-state index in [0.717, 1.165) is 52.5 Å². The molecule has 0 aliphatic rings. The average molecular weight is 705 g/mol. The van der Waals surface area contributed by atoms with Gasteiger partial charge in [-0.2, -0.15) is 0 Å². The average Bonchev–Trinajstić information content (AvgIpc) is 3.40. The first-order valence-corrected chi connectivity index (χ1v) is 17.8. The summed E-state index contributed by atoms with van der Waals surface area (Å²) in [5.41, 5.74) is 2.79. The molecule has 1 N–H and O–H groups in total. The number of hydrogen-bond acceptors (Lipinski definition) is 8. The molecule has 3 aromatic rings. The highest BCUT2D eigenvalue weighted by Gasteiger charge is 2.21. The second-order valence-electron chi connectivity index (χ2n) is 12.8. The lowest BCUT2D eigenvalue weighted by Crippen LogP contribution is -2.32. The van der Waals surface area contributed by atoms with Crippen LogP contribution in [0.1, 0.15) is 94.4 Å². The minimum atomic E-state index is -0.533. The Bertz CT molecular complexity index is 1500. The van der Waals surface area contributed by atoms with Crippen molar-refractivity contribution in [2.75, 3.05) is 24.6 Å². The first-order chi connectivity index (χ1) is 22.3. The number of nitrogens with zero attached hydrogens (tertiary/aromatic N) is 2. The summed E-state index contributed by atoms with van der Waals surface area (Å²) in [6, 6.07) is 13.2. The van der Waals surface area contributed by atoms with Gasteiger partial charge in [-0.15, -0.1) is 11.3 Å². The zero-order chi connectivity index (χ0) is 34.6. The highest BCUT2D eigenvalue weighted by molar-refractivity contribution is 7.16. The molecule has 1 heterocycles. The smallest absolute Gasteiger partial charge is 0.407 e. The summed E-state index contributed by atoms with van der Waals surface area (Å²) in [4.78, 5) is 45.6. The quantitative estimate of drug-likeness (QED) is 0.0849. The number of Topliss-reactive ketones (excluding diaryl/α,β-unsaturated/α-hetero) is 1. The van der Waals surface area contributed by atoms with E-state index in [0.29, 0.717) is 54.2 Å². The van der Waals surface area contributed by atoms with Crippen LogP contribution in [0.15, 0.2) is 42.5 Å². The zero-order valence-corrected chi connectivity index (χ0v) is 30.6. The molecule has 0 aliphatic carbocycles. The number of aromatic nitrogens is 1. The molecule has 0 saturated heterocycles. The predicted octanol–water partition coefficient (Wildman–Crippen LogP) is 9.54. The number of nitrogens with one attached hydrogen (secondary N) is 1. The molecule has 0 spiro atoms. The molecular formula is C36H47Cl2N3O5S. The number of ketones is 1. The van der Waals surface area contributed by atoms with E-state index in [-0.39, 0.29) is 18.2 Å². The molecule has 11 heteroatoms. The standard InChI is InChI=1S/C36H47Cl2N3O5S/c1-7-45-32(43)17-19-41(34-40-33(31(47-34)20-24(2)3)27-15-16-28(37)29(38)22-27)23-25-12-11-13-26(21-25)30(42)14-9-8-10-18-39-35(44)46-36(4,5)6/h11-13,15-16,21-22,24H,7-10,14,17-20,23H2,1-6H3,(H,39,44). The van der Waals surface area contributed by atoms with Gasteiger partial charge in [-0.05, 0) is 76.6 Å². The molecule has 0 unspecified atom stereocenters. The van der Waals surface area contributed by atoms with Crippen molar-refractivity contribution >= 4 is 57.5 Å². The SMILES string of the molecule is CCOC(=O)CCN(Cc1cccc(C(=O)CCCCCNC(=O)OC(C)(C)C)c1)c1nc(-c2ccc(Cl)c(Cl)c2)c(CC(C)C)s1. The Morgan fingerprint density at radius 3 is 2.45 bits per heavy atom. The van der Waals surface area contributed by atoms with Gasteiger partial charge in [-0.3, -0.25) is 9.59 Å². The first-order valence-electron chi connectivity index (χ1n) is 16.2. The van der Waals surface area contributed by atoms with Crippen molar-refractivity contribution in [1.29, 1.82) is 0 Å². The number of alkyl carbamates (subject to hydrolysis) is 1. The molecule has 256 valence electrons. The number of hydrogen-bond donors (Lipinski definition) is 1. The third-order valence-electron chi connectivity index (χ3n) is 7.01. The van der Waals surface area contributed by atoms with Crippen LogP contribution in [0.3, 0.4) is 0 Å². The van der Waals surface area contributed by atoms with E-state index in [1.165, 1.54) is 0 Å². The summed E-state index contributed by atoms with van der Waals surface area (Å²) >= 11 is 14.2. The van der Waals surface area contributed by atoms with E-state index in [1.807, 2.05) is 57.2 Å². The minimum Gasteiger partial charge on any atom is -0.466 e. The lowest BCUT2D eigenvalue weighted by atomic mass is 10.0. The second-order valence-corrected chi connectivity index (χ2v) is 14.7. The first kappa shape index (κ1) is 38.3. The van der Waals surface area contributed by atoms with Gasteiger partial charge < -0.3 is 19.7 Å². The molecule has 0 atom stereocenters. The Balaban J connectivity index is 1.73. The van der Waals surface area contributed by atoms with Crippen LogP contribution in [-0.2, 0) is 27.2 Å². The van der Waals surface area contributed by atoms with Crippen molar-refractivity contribution in [3.63, 3.8) is 0 Å². The number of thiazole rings is 1. The van der Waals surface area contributed by atoms with Crippen molar-refractivity contribution in [2.45, 2.75) is 92.2 Å². The van der Waals surface area contributed by atoms with Gasteiger partial charge in [0.05, 0.1) is 28.8 Å². The molecule has 8 nitrogen and oxygen atoms in total. The van der Waals surface area contributed by atoms with Gasteiger partial charge in [0, 0.05) is 42.1 Å². The van der Waals surface area contributed by atoms with E-state index in [4.69, 9.17) is 37.7 Å². The number of unbranched alkanes of at least 4 members (excludes halogenated alkanes) is 2.